The fourth-order valence-electron chi connectivity index (χ4n) is 3.84. The zero-order chi connectivity index (χ0) is 19.0. The van der Waals surface area contributed by atoms with E-state index in [4.69, 9.17) is 4.74 Å². The van der Waals surface area contributed by atoms with E-state index in [1.165, 1.54) is 22.1 Å². The number of amides is 1. The van der Waals surface area contributed by atoms with Gasteiger partial charge in [-0.25, -0.2) is 0 Å². The molecule has 1 atom stereocenters. The Morgan fingerprint density at radius 3 is 2.56 bits per heavy atom. The molecule has 0 bridgehead atoms. The molecule has 3 aromatic carbocycles. The normalized spacial score (nSPS) is 13.6. The lowest BCUT2D eigenvalue weighted by atomic mass is 10.0. The quantitative estimate of drug-likeness (QED) is 0.667. The summed E-state index contributed by atoms with van der Waals surface area (Å²) in [7, 11) is 0. The summed E-state index contributed by atoms with van der Waals surface area (Å²) in [6, 6.07) is 16.5. The van der Waals surface area contributed by atoms with Gasteiger partial charge in [0.25, 0.3) is 5.91 Å². The molecule has 1 N–H and O–H groups in total. The van der Waals surface area contributed by atoms with E-state index in [-0.39, 0.29) is 5.91 Å². The molecule has 0 fully saturated rings. The van der Waals surface area contributed by atoms with Gasteiger partial charge in [-0.05, 0) is 78.9 Å². The van der Waals surface area contributed by atoms with Crippen molar-refractivity contribution in [3.63, 3.8) is 0 Å². The van der Waals surface area contributed by atoms with Crippen LogP contribution in [0.5, 0.6) is 5.75 Å². The lowest BCUT2D eigenvalue weighted by molar-refractivity contribution is -0.122. The number of carbonyl (C=O) groups excluding carboxylic acids is 1. The van der Waals surface area contributed by atoms with Crippen molar-refractivity contribution >= 4 is 22.4 Å². The Morgan fingerprint density at radius 1 is 1.04 bits per heavy atom. The second-order valence-electron chi connectivity index (χ2n) is 7.36. The summed E-state index contributed by atoms with van der Waals surface area (Å²) in [6.45, 7) is 6.09. The van der Waals surface area contributed by atoms with E-state index in [2.05, 4.69) is 43.4 Å². The molecule has 138 valence electrons. The average molecular weight is 359 g/mol. The first-order valence-electron chi connectivity index (χ1n) is 9.65. The Balaban J connectivity index is 1.57. The van der Waals surface area contributed by atoms with Gasteiger partial charge in [0.15, 0.2) is 6.10 Å². The number of rotatable bonds is 5. The van der Waals surface area contributed by atoms with Crippen LogP contribution in [0.2, 0.25) is 0 Å². The molecule has 1 amide bonds. The van der Waals surface area contributed by atoms with E-state index in [1.807, 2.05) is 31.2 Å². The average Bonchev–Trinajstić information content (AvgIpc) is 3.09. The summed E-state index contributed by atoms with van der Waals surface area (Å²) in [6.07, 6.45) is 2.25. The molecule has 3 aromatic rings. The summed E-state index contributed by atoms with van der Waals surface area (Å²) < 4.78 is 5.99. The van der Waals surface area contributed by atoms with Gasteiger partial charge in [0.05, 0.1) is 0 Å². The molecule has 0 heterocycles. The highest BCUT2D eigenvalue weighted by Gasteiger charge is 2.21. The SMILES string of the molecule is CC[C@@H](Oc1ccc(C)c(C)c1)C(=O)Nc1ccc2c3c(cccc13)CC2. The Morgan fingerprint density at radius 2 is 1.81 bits per heavy atom. The van der Waals surface area contributed by atoms with E-state index in [1.54, 1.807) is 0 Å². The topological polar surface area (TPSA) is 38.3 Å². The molecule has 1 aliphatic rings. The van der Waals surface area contributed by atoms with Crippen LogP contribution < -0.4 is 10.1 Å². The van der Waals surface area contributed by atoms with Gasteiger partial charge < -0.3 is 10.1 Å². The first-order chi connectivity index (χ1) is 13.1. The van der Waals surface area contributed by atoms with Gasteiger partial charge in [0.2, 0.25) is 0 Å². The molecule has 0 aromatic heterocycles. The number of hydrogen-bond acceptors (Lipinski definition) is 2. The maximum absolute atomic E-state index is 12.9. The van der Waals surface area contributed by atoms with Gasteiger partial charge in [-0.1, -0.05) is 37.3 Å². The van der Waals surface area contributed by atoms with Crippen molar-refractivity contribution < 1.29 is 9.53 Å². The first kappa shape index (κ1) is 17.6. The molecule has 27 heavy (non-hydrogen) atoms. The molecule has 0 radical (unpaired) electrons. The summed E-state index contributed by atoms with van der Waals surface area (Å²) in [4.78, 5) is 12.9. The smallest absolute Gasteiger partial charge is 0.265 e. The number of ether oxygens (including phenoxy) is 1. The van der Waals surface area contributed by atoms with E-state index >= 15 is 0 Å². The van der Waals surface area contributed by atoms with Crippen molar-refractivity contribution in [1.29, 1.82) is 0 Å². The van der Waals surface area contributed by atoms with Crippen LogP contribution in [0.15, 0.2) is 48.5 Å². The fourth-order valence-corrected chi connectivity index (χ4v) is 3.84. The Kier molecular flexibility index (Phi) is 4.61. The van der Waals surface area contributed by atoms with Crippen LogP contribution in [-0.2, 0) is 17.6 Å². The van der Waals surface area contributed by atoms with Crippen LogP contribution in [0.3, 0.4) is 0 Å². The molecule has 0 spiro atoms. The van der Waals surface area contributed by atoms with Gasteiger partial charge in [0, 0.05) is 11.1 Å². The highest BCUT2D eigenvalue weighted by Crippen LogP contribution is 2.35. The van der Waals surface area contributed by atoms with Gasteiger partial charge in [-0.15, -0.1) is 0 Å². The predicted octanol–water partition coefficient (Wildman–Crippen LogP) is 5.35. The Hall–Kier alpha value is -2.81. The van der Waals surface area contributed by atoms with Crippen molar-refractivity contribution in [3.05, 3.63) is 70.8 Å². The van der Waals surface area contributed by atoms with Gasteiger partial charge in [0.1, 0.15) is 5.75 Å². The molecular weight excluding hydrogens is 334 g/mol. The summed E-state index contributed by atoms with van der Waals surface area (Å²) in [5, 5.41) is 5.53. The number of anilines is 1. The molecule has 4 rings (SSSR count). The molecule has 1 aliphatic carbocycles. The first-order valence-corrected chi connectivity index (χ1v) is 9.65. The maximum Gasteiger partial charge on any atom is 0.265 e. The lowest BCUT2D eigenvalue weighted by Crippen LogP contribution is -2.32. The minimum absolute atomic E-state index is 0.102. The largest absolute Gasteiger partial charge is 0.481 e. The van der Waals surface area contributed by atoms with Crippen molar-refractivity contribution in [1.82, 2.24) is 0 Å². The van der Waals surface area contributed by atoms with E-state index in [9.17, 15) is 4.79 Å². The van der Waals surface area contributed by atoms with Crippen LogP contribution in [0.4, 0.5) is 5.69 Å². The van der Waals surface area contributed by atoms with Crippen LogP contribution in [-0.4, -0.2) is 12.0 Å². The van der Waals surface area contributed by atoms with Crippen molar-refractivity contribution in [2.75, 3.05) is 5.32 Å². The second kappa shape index (κ2) is 7.07. The summed E-state index contributed by atoms with van der Waals surface area (Å²) in [5.41, 5.74) is 5.99. The third-order valence-electron chi connectivity index (χ3n) is 5.55. The van der Waals surface area contributed by atoms with Crippen LogP contribution in [0.25, 0.3) is 10.8 Å². The van der Waals surface area contributed by atoms with E-state index in [0.29, 0.717) is 6.42 Å². The number of aryl methyl sites for hydroxylation is 4. The van der Waals surface area contributed by atoms with Crippen molar-refractivity contribution in [3.8, 4) is 5.75 Å². The van der Waals surface area contributed by atoms with Crippen molar-refractivity contribution in [2.45, 2.75) is 46.1 Å². The minimum atomic E-state index is -0.518. The van der Waals surface area contributed by atoms with Crippen molar-refractivity contribution in [2.24, 2.45) is 0 Å². The molecule has 0 unspecified atom stereocenters. The highest BCUT2D eigenvalue weighted by molar-refractivity contribution is 6.06. The van der Waals surface area contributed by atoms with Gasteiger partial charge in [-0.3, -0.25) is 4.79 Å². The third kappa shape index (κ3) is 3.30. The molecule has 0 aliphatic heterocycles. The number of nitrogens with one attached hydrogen (secondary N) is 1. The lowest BCUT2D eigenvalue weighted by Gasteiger charge is -2.19. The summed E-state index contributed by atoms with van der Waals surface area (Å²) in [5.74, 6) is 0.634. The standard InChI is InChI=1S/C24H25NO2/c1-4-22(27-19-12-8-15(2)16(3)14-19)24(26)25-21-13-11-18-10-9-17-6-5-7-20(21)23(17)18/h5-8,11-14,22H,4,9-10H2,1-3H3,(H,25,26)/t22-/m1/s1. The molecule has 3 heteroatoms. The molecule has 3 nitrogen and oxygen atoms in total. The molecular formula is C24H25NO2. The number of carbonyl (C=O) groups is 1. The minimum Gasteiger partial charge on any atom is -0.481 e. The Labute approximate surface area is 160 Å². The zero-order valence-corrected chi connectivity index (χ0v) is 16.1. The van der Waals surface area contributed by atoms with Gasteiger partial charge >= 0.3 is 0 Å². The van der Waals surface area contributed by atoms with E-state index < -0.39 is 6.10 Å². The van der Waals surface area contributed by atoms with E-state index in [0.717, 1.165) is 35.2 Å². The molecule has 0 saturated carbocycles. The number of hydrogen-bond donors (Lipinski definition) is 1. The monoisotopic (exact) mass is 359 g/mol. The van der Waals surface area contributed by atoms with Crippen LogP contribution in [0, 0.1) is 13.8 Å². The third-order valence-corrected chi connectivity index (χ3v) is 5.55. The van der Waals surface area contributed by atoms with Gasteiger partial charge in [-0.2, -0.15) is 0 Å². The second-order valence-corrected chi connectivity index (χ2v) is 7.36. The van der Waals surface area contributed by atoms with Crippen LogP contribution >= 0.6 is 0 Å². The number of benzene rings is 3. The zero-order valence-electron chi connectivity index (χ0n) is 16.1. The maximum atomic E-state index is 12.9. The highest BCUT2D eigenvalue weighted by atomic mass is 16.5. The fraction of sp³-hybridized carbons (Fsp3) is 0.292. The predicted molar refractivity (Wildman–Crippen MR) is 111 cm³/mol. The van der Waals surface area contributed by atoms with Crippen LogP contribution in [0.1, 0.15) is 35.6 Å². The summed E-state index contributed by atoms with van der Waals surface area (Å²) >= 11 is 0. The molecule has 0 saturated heterocycles. The Bertz CT molecular complexity index is 1010.